The maximum absolute atomic E-state index is 5.42. The Balaban J connectivity index is 2.41. The van der Waals surface area contributed by atoms with Crippen molar-refractivity contribution >= 4 is 5.82 Å². The molecule has 0 aliphatic heterocycles. The summed E-state index contributed by atoms with van der Waals surface area (Å²) in [5.41, 5.74) is 6.50. The SMILES string of the molecule is C=C(C)CCOc1cncc(N)n1. The highest BCUT2D eigenvalue weighted by atomic mass is 16.5. The maximum atomic E-state index is 5.42. The zero-order valence-corrected chi connectivity index (χ0v) is 7.66. The minimum Gasteiger partial charge on any atom is -0.476 e. The van der Waals surface area contributed by atoms with Crippen LogP contribution in [-0.4, -0.2) is 16.6 Å². The van der Waals surface area contributed by atoms with Crippen LogP contribution in [-0.2, 0) is 0 Å². The molecular formula is C9H13N3O. The summed E-state index contributed by atoms with van der Waals surface area (Å²) in [5.74, 6) is 0.828. The molecular weight excluding hydrogens is 166 g/mol. The number of hydrogen-bond acceptors (Lipinski definition) is 4. The van der Waals surface area contributed by atoms with Crippen LogP contribution in [0.25, 0.3) is 0 Å². The monoisotopic (exact) mass is 179 g/mol. The van der Waals surface area contributed by atoms with Gasteiger partial charge in [-0.1, -0.05) is 5.57 Å². The number of ether oxygens (including phenoxy) is 1. The quantitative estimate of drug-likeness (QED) is 0.710. The van der Waals surface area contributed by atoms with E-state index in [1.807, 2.05) is 6.92 Å². The Morgan fingerprint density at radius 2 is 2.38 bits per heavy atom. The van der Waals surface area contributed by atoms with Gasteiger partial charge in [-0.05, 0) is 6.92 Å². The van der Waals surface area contributed by atoms with Crippen molar-refractivity contribution in [1.29, 1.82) is 0 Å². The molecule has 0 aliphatic carbocycles. The number of nitrogens with zero attached hydrogens (tertiary/aromatic N) is 2. The zero-order chi connectivity index (χ0) is 9.68. The number of nitrogen functional groups attached to an aromatic ring is 1. The molecule has 1 rings (SSSR count). The highest BCUT2D eigenvalue weighted by Crippen LogP contribution is 2.07. The molecule has 0 amide bonds. The van der Waals surface area contributed by atoms with Crippen molar-refractivity contribution in [3.8, 4) is 5.88 Å². The van der Waals surface area contributed by atoms with Gasteiger partial charge in [0.2, 0.25) is 5.88 Å². The predicted molar refractivity (Wildman–Crippen MR) is 51.4 cm³/mol. The molecule has 1 heterocycles. The minimum absolute atomic E-state index is 0.368. The Kier molecular flexibility index (Phi) is 3.25. The van der Waals surface area contributed by atoms with Crippen molar-refractivity contribution in [2.24, 2.45) is 0 Å². The Morgan fingerprint density at radius 3 is 3.00 bits per heavy atom. The van der Waals surface area contributed by atoms with Gasteiger partial charge in [-0.2, -0.15) is 4.98 Å². The normalized spacial score (nSPS) is 9.62. The molecule has 70 valence electrons. The van der Waals surface area contributed by atoms with E-state index in [4.69, 9.17) is 10.5 Å². The number of hydrogen-bond donors (Lipinski definition) is 1. The van der Waals surface area contributed by atoms with Gasteiger partial charge in [0.25, 0.3) is 0 Å². The van der Waals surface area contributed by atoms with Crippen LogP contribution >= 0.6 is 0 Å². The molecule has 0 radical (unpaired) electrons. The molecule has 0 bridgehead atoms. The van der Waals surface area contributed by atoms with Gasteiger partial charge in [0.15, 0.2) is 0 Å². The van der Waals surface area contributed by atoms with E-state index >= 15 is 0 Å². The maximum Gasteiger partial charge on any atom is 0.234 e. The van der Waals surface area contributed by atoms with Crippen LogP contribution in [0.2, 0.25) is 0 Å². The number of rotatable bonds is 4. The lowest BCUT2D eigenvalue weighted by molar-refractivity contribution is 0.308. The molecule has 4 heteroatoms. The average Bonchev–Trinajstić information content (AvgIpc) is 2.03. The van der Waals surface area contributed by atoms with E-state index in [2.05, 4.69) is 16.5 Å². The summed E-state index contributed by atoms with van der Waals surface area (Å²) in [7, 11) is 0. The standard InChI is InChI=1S/C9H13N3O/c1-7(2)3-4-13-9-6-11-5-8(10)12-9/h5-6H,1,3-4H2,2H3,(H2,10,12). The third-order valence-corrected chi connectivity index (χ3v) is 1.41. The van der Waals surface area contributed by atoms with Gasteiger partial charge < -0.3 is 10.5 Å². The minimum atomic E-state index is 0.368. The summed E-state index contributed by atoms with van der Waals surface area (Å²) >= 11 is 0. The summed E-state index contributed by atoms with van der Waals surface area (Å²) in [4.78, 5) is 7.78. The molecule has 0 atom stereocenters. The molecule has 0 fully saturated rings. The second-order valence-corrected chi connectivity index (χ2v) is 2.84. The molecule has 0 spiro atoms. The van der Waals surface area contributed by atoms with Gasteiger partial charge in [-0.3, -0.25) is 4.98 Å². The van der Waals surface area contributed by atoms with Crippen molar-refractivity contribution in [2.45, 2.75) is 13.3 Å². The van der Waals surface area contributed by atoms with E-state index in [9.17, 15) is 0 Å². The van der Waals surface area contributed by atoms with E-state index < -0.39 is 0 Å². The van der Waals surface area contributed by atoms with Crippen LogP contribution in [0.5, 0.6) is 5.88 Å². The van der Waals surface area contributed by atoms with Crippen molar-refractivity contribution in [2.75, 3.05) is 12.3 Å². The Labute approximate surface area is 77.5 Å². The van der Waals surface area contributed by atoms with Crippen molar-refractivity contribution in [1.82, 2.24) is 9.97 Å². The summed E-state index contributed by atoms with van der Waals surface area (Å²) < 4.78 is 5.28. The lowest BCUT2D eigenvalue weighted by Crippen LogP contribution is -2.01. The third-order valence-electron chi connectivity index (χ3n) is 1.41. The van der Waals surface area contributed by atoms with Gasteiger partial charge in [-0.15, -0.1) is 6.58 Å². The van der Waals surface area contributed by atoms with E-state index in [1.54, 1.807) is 0 Å². The third kappa shape index (κ3) is 3.55. The van der Waals surface area contributed by atoms with Crippen molar-refractivity contribution in [3.63, 3.8) is 0 Å². The lowest BCUT2D eigenvalue weighted by atomic mass is 10.3. The second-order valence-electron chi connectivity index (χ2n) is 2.84. The average molecular weight is 179 g/mol. The first-order valence-electron chi connectivity index (χ1n) is 4.03. The Morgan fingerprint density at radius 1 is 1.62 bits per heavy atom. The Hall–Kier alpha value is -1.58. The highest BCUT2D eigenvalue weighted by Gasteiger charge is 1.96. The van der Waals surface area contributed by atoms with Gasteiger partial charge in [-0.25, -0.2) is 0 Å². The van der Waals surface area contributed by atoms with E-state index in [0.717, 1.165) is 12.0 Å². The summed E-state index contributed by atoms with van der Waals surface area (Å²) in [6.07, 6.45) is 3.83. The van der Waals surface area contributed by atoms with E-state index in [0.29, 0.717) is 18.3 Å². The van der Waals surface area contributed by atoms with Crippen molar-refractivity contribution < 1.29 is 4.74 Å². The molecule has 13 heavy (non-hydrogen) atoms. The van der Waals surface area contributed by atoms with Crippen LogP contribution in [0.15, 0.2) is 24.5 Å². The Bertz CT molecular complexity index is 299. The summed E-state index contributed by atoms with van der Waals surface area (Å²) in [5, 5.41) is 0. The topological polar surface area (TPSA) is 61.0 Å². The molecule has 1 aromatic heterocycles. The number of aromatic nitrogens is 2. The molecule has 0 saturated carbocycles. The van der Waals surface area contributed by atoms with Crippen molar-refractivity contribution in [3.05, 3.63) is 24.5 Å². The molecule has 0 aliphatic rings. The first-order chi connectivity index (χ1) is 6.18. The molecule has 2 N–H and O–H groups in total. The fourth-order valence-electron chi connectivity index (χ4n) is 0.762. The van der Waals surface area contributed by atoms with Crippen LogP contribution < -0.4 is 10.5 Å². The molecule has 1 aromatic rings. The summed E-state index contributed by atoms with van der Waals surface area (Å²) in [6, 6.07) is 0. The van der Waals surface area contributed by atoms with Crippen LogP contribution in [0.4, 0.5) is 5.82 Å². The lowest BCUT2D eigenvalue weighted by Gasteiger charge is -2.04. The largest absolute Gasteiger partial charge is 0.476 e. The van der Waals surface area contributed by atoms with E-state index in [-0.39, 0.29) is 0 Å². The van der Waals surface area contributed by atoms with Gasteiger partial charge in [0, 0.05) is 6.42 Å². The number of anilines is 1. The van der Waals surface area contributed by atoms with Gasteiger partial charge in [0.05, 0.1) is 19.0 Å². The second kappa shape index (κ2) is 4.45. The molecule has 0 unspecified atom stereocenters. The molecule has 0 saturated heterocycles. The first-order valence-corrected chi connectivity index (χ1v) is 4.03. The van der Waals surface area contributed by atoms with E-state index in [1.165, 1.54) is 12.4 Å². The molecule has 4 nitrogen and oxygen atoms in total. The molecule has 0 aromatic carbocycles. The zero-order valence-electron chi connectivity index (χ0n) is 7.66. The van der Waals surface area contributed by atoms with Crippen LogP contribution in [0.3, 0.4) is 0 Å². The number of nitrogens with two attached hydrogens (primary N) is 1. The van der Waals surface area contributed by atoms with Gasteiger partial charge >= 0.3 is 0 Å². The smallest absolute Gasteiger partial charge is 0.234 e. The van der Waals surface area contributed by atoms with Crippen LogP contribution in [0, 0.1) is 0 Å². The fraction of sp³-hybridized carbons (Fsp3) is 0.333. The fourth-order valence-corrected chi connectivity index (χ4v) is 0.762. The summed E-state index contributed by atoms with van der Waals surface area (Å²) in [6.45, 7) is 6.28. The van der Waals surface area contributed by atoms with Crippen LogP contribution in [0.1, 0.15) is 13.3 Å². The predicted octanol–water partition coefficient (Wildman–Crippen LogP) is 1.40. The van der Waals surface area contributed by atoms with Gasteiger partial charge in [0.1, 0.15) is 5.82 Å². The highest BCUT2D eigenvalue weighted by molar-refractivity contribution is 5.25. The first kappa shape index (κ1) is 9.51.